The van der Waals surface area contributed by atoms with Crippen LogP contribution in [0.25, 0.3) is 0 Å². The molecule has 8 heteroatoms. The summed E-state index contributed by atoms with van der Waals surface area (Å²) in [7, 11) is 0. The normalized spacial score (nSPS) is 29.9. The second kappa shape index (κ2) is 9.33. The molecule has 3 aliphatic heterocycles. The van der Waals surface area contributed by atoms with E-state index in [9.17, 15) is 14.4 Å². The molecule has 2 saturated heterocycles. The maximum absolute atomic E-state index is 13.5. The van der Waals surface area contributed by atoms with Crippen LogP contribution in [0.4, 0.5) is 0 Å². The maximum atomic E-state index is 13.5. The molecule has 3 heterocycles. The molecule has 0 aliphatic carbocycles. The third-order valence-electron chi connectivity index (χ3n) is 5.64. The van der Waals surface area contributed by atoms with Crippen LogP contribution < -0.4 is 10.1 Å². The number of piperidine rings is 1. The lowest BCUT2D eigenvalue weighted by molar-refractivity contribution is -0.136. The predicted octanol–water partition coefficient (Wildman–Crippen LogP) is 1.86. The van der Waals surface area contributed by atoms with Crippen LogP contribution in [0.5, 0.6) is 5.75 Å². The molecule has 0 bridgehead atoms. The largest absolute Gasteiger partial charge is 0.489 e. The van der Waals surface area contributed by atoms with Crippen LogP contribution in [0.2, 0.25) is 0 Å². The van der Waals surface area contributed by atoms with Gasteiger partial charge in [0.1, 0.15) is 18.4 Å². The summed E-state index contributed by atoms with van der Waals surface area (Å²) in [4.78, 5) is 41.0. The molecule has 0 aromatic heterocycles. The van der Waals surface area contributed by atoms with Gasteiger partial charge in [-0.3, -0.25) is 24.6 Å². The first-order valence-corrected chi connectivity index (χ1v) is 10.5. The Morgan fingerprint density at radius 2 is 1.91 bits per heavy atom. The highest BCUT2D eigenvalue weighted by atomic mass is 16.5. The zero-order chi connectivity index (χ0) is 29.9. The number of nitrogens with one attached hydrogen (secondary N) is 1. The van der Waals surface area contributed by atoms with E-state index in [4.69, 9.17) is 20.4 Å². The Kier molecular flexibility index (Phi) is 3.99. The number of fused-ring (bicyclic) bond motifs is 1. The van der Waals surface area contributed by atoms with Gasteiger partial charge in [-0.05, 0) is 29.6 Å². The van der Waals surface area contributed by atoms with Crippen molar-refractivity contribution in [1.29, 1.82) is 0 Å². The Hall–Kier alpha value is -3.23. The van der Waals surface area contributed by atoms with Crippen molar-refractivity contribution in [2.75, 3.05) is 26.3 Å². The number of hydrogen-bond acceptors (Lipinski definition) is 6. The Labute approximate surface area is 203 Å². The van der Waals surface area contributed by atoms with Crippen LogP contribution in [0, 0.1) is 0 Å². The van der Waals surface area contributed by atoms with Crippen LogP contribution in [0.1, 0.15) is 50.8 Å². The van der Waals surface area contributed by atoms with Crippen molar-refractivity contribution >= 4 is 17.7 Å². The van der Waals surface area contributed by atoms with E-state index in [0.717, 1.165) is 25.2 Å². The van der Waals surface area contributed by atoms with E-state index in [1.807, 2.05) is 24.3 Å². The molecular formula is C25H27N3O5. The number of hydrogen-bond donors (Lipinski definition) is 1. The third kappa shape index (κ3) is 4.62. The molecule has 1 N–H and O–H groups in total. The van der Waals surface area contributed by atoms with Gasteiger partial charge in [-0.25, -0.2) is 0 Å². The van der Waals surface area contributed by atoms with Crippen LogP contribution in [-0.4, -0.2) is 59.8 Å². The summed E-state index contributed by atoms with van der Waals surface area (Å²) in [6, 6.07) is 2.45. The molecule has 0 unspecified atom stereocenters. The fourth-order valence-corrected chi connectivity index (χ4v) is 3.89. The van der Waals surface area contributed by atoms with Crippen LogP contribution in [0.3, 0.4) is 0 Å². The molecule has 0 spiro atoms. The number of ether oxygens (including phenoxy) is 2. The molecule has 5 rings (SSSR count). The number of morpholine rings is 1. The van der Waals surface area contributed by atoms with E-state index in [-0.39, 0.29) is 17.9 Å². The summed E-state index contributed by atoms with van der Waals surface area (Å²) in [5.41, 5.74) is 1.23. The van der Waals surface area contributed by atoms with E-state index in [0.29, 0.717) is 23.7 Å². The highest BCUT2D eigenvalue weighted by molar-refractivity contribution is 6.05. The highest BCUT2D eigenvalue weighted by Gasteiger charge is 2.40. The predicted molar refractivity (Wildman–Crippen MR) is 119 cm³/mol. The molecule has 2 aromatic rings. The van der Waals surface area contributed by atoms with Gasteiger partial charge in [-0.2, -0.15) is 0 Å². The standard InChI is InChI=1S/C25H27N3O5/c29-23-9-8-21(24(30)26-23)28-15-20-19(25(28)31)2-1-3-22(20)33-16-18-6-4-17(5-7-18)14-27-10-12-32-13-11-27/h1-7,21H,8-16H2,(H,26,29,30)/t21-/m0/s1/i1D,2D,3D,8D2,9D2,21D. The minimum atomic E-state index is -3.49. The number of carbonyl (C=O) groups is 3. The van der Waals surface area contributed by atoms with Gasteiger partial charge < -0.3 is 14.4 Å². The smallest absolute Gasteiger partial charge is 0.255 e. The van der Waals surface area contributed by atoms with E-state index < -0.39 is 66.7 Å². The van der Waals surface area contributed by atoms with Gasteiger partial charge in [-0.1, -0.05) is 30.3 Å². The number of amides is 3. The third-order valence-corrected chi connectivity index (χ3v) is 5.64. The minimum Gasteiger partial charge on any atom is -0.489 e. The van der Waals surface area contributed by atoms with Gasteiger partial charge in [0.15, 0.2) is 0 Å². The number of imide groups is 1. The van der Waals surface area contributed by atoms with Crippen molar-refractivity contribution in [2.24, 2.45) is 0 Å². The van der Waals surface area contributed by atoms with Crippen molar-refractivity contribution in [1.82, 2.24) is 15.1 Å². The summed E-state index contributed by atoms with van der Waals surface area (Å²) >= 11 is 0. The van der Waals surface area contributed by atoms with Gasteiger partial charge in [0.25, 0.3) is 5.91 Å². The fourth-order valence-electron chi connectivity index (χ4n) is 3.89. The lowest BCUT2D eigenvalue weighted by Gasteiger charge is -2.29. The second-order valence-corrected chi connectivity index (χ2v) is 7.82. The number of nitrogens with zero attached hydrogens (tertiary/aromatic N) is 2. The second-order valence-electron chi connectivity index (χ2n) is 7.82. The minimum absolute atomic E-state index is 0.0779. The van der Waals surface area contributed by atoms with E-state index in [2.05, 4.69) is 4.90 Å². The summed E-state index contributed by atoms with van der Waals surface area (Å²) in [5.74, 6) is -4.56. The van der Waals surface area contributed by atoms with Crippen LogP contribution in [0.15, 0.2) is 42.4 Å². The van der Waals surface area contributed by atoms with Gasteiger partial charge in [0.2, 0.25) is 11.8 Å². The molecule has 2 fully saturated rings. The van der Waals surface area contributed by atoms with Crippen molar-refractivity contribution in [3.63, 3.8) is 0 Å². The lowest BCUT2D eigenvalue weighted by Crippen LogP contribution is -2.52. The summed E-state index contributed by atoms with van der Waals surface area (Å²) < 4.78 is 77.2. The Morgan fingerprint density at radius 1 is 1.15 bits per heavy atom. The van der Waals surface area contributed by atoms with Crippen molar-refractivity contribution < 1.29 is 34.8 Å². The Morgan fingerprint density at radius 3 is 2.70 bits per heavy atom. The van der Waals surface area contributed by atoms with Gasteiger partial charge in [0.05, 0.1) is 25.2 Å². The molecule has 33 heavy (non-hydrogen) atoms. The fraction of sp³-hybridized carbons (Fsp3) is 0.400. The summed E-state index contributed by atoms with van der Waals surface area (Å²) in [6.45, 7) is 3.03. The molecule has 3 amide bonds. The van der Waals surface area contributed by atoms with Gasteiger partial charge in [-0.15, -0.1) is 0 Å². The van der Waals surface area contributed by atoms with Gasteiger partial charge >= 0.3 is 0 Å². The quantitative estimate of drug-likeness (QED) is 0.667. The Bertz CT molecular complexity index is 1430. The number of rotatable bonds is 6. The average Bonchev–Trinajstić information content (AvgIpc) is 3.28. The molecule has 172 valence electrons. The first-order chi connectivity index (χ1) is 19.2. The van der Waals surface area contributed by atoms with E-state index >= 15 is 0 Å². The summed E-state index contributed by atoms with van der Waals surface area (Å²) in [6.07, 6.45) is -6.84. The maximum Gasteiger partial charge on any atom is 0.255 e. The highest BCUT2D eigenvalue weighted by Crippen LogP contribution is 2.34. The molecule has 8 nitrogen and oxygen atoms in total. The molecule has 2 aromatic carbocycles. The molecule has 3 aliphatic rings. The van der Waals surface area contributed by atoms with E-state index in [1.165, 1.54) is 0 Å². The number of carbonyl (C=O) groups excluding carboxylic acids is 3. The van der Waals surface area contributed by atoms with Crippen LogP contribution in [-0.2, 0) is 34.0 Å². The topological polar surface area (TPSA) is 88.2 Å². The van der Waals surface area contributed by atoms with Crippen molar-refractivity contribution in [3.8, 4) is 5.75 Å². The molecule has 0 saturated carbocycles. The lowest BCUT2D eigenvalue weighted by atomic mass is 10.0. The first-order valence-electron chi connectivity index (χ1n) is 14.5. The zero-order valence-corrected chi connectivity index (χ0v) is 17.7. The van der Waals surface area contributed by atoms with E-state index in [1.54, 1.807) is 5.32 Å². The SMILES string of the molecule is [2H]c1c([2H])c(OCc2ccc(CN3CCOCC3)cc2)c2c(c1[2H])C(=O)N([C@]1([2H])C(=O)NC(=O)C([2H])([2H])C1([2H])[2H])C2. The molecule has 0 radical (unpaired) electrons. The number of benzene rings is 2. The molecule has 1 atom stereocenters. The average molecular weight is 458 g/mol. The Balaban J connectivity index is 1.43. The van der Waals surface area contributed by atoms with Crippen molar-refractivity contribution in [2.45, 2.75) is 38.5 Å². The first kappa shape index (κ1) is 14.1. The summed E-state index contributed by atoms with van der Waals surface area (Å²) in [5, 5.41) is 1.63. The van der Waals surface area contributed by atoms with Crippen molar-refractivity contribution in [3.05, 3.63) is 64.6 Å². The van der Waals surface area contributed by atoms with Gasteiger partial charge in [0, 0.05) is 42.6 Å². The zero-order valence-electron chi connectivity index (χ0n) is 25.7. The van der Waals surface area contributed by atoms with Crippen LogP contribution >= 0.6 is 0 Å². The molecular weight excluding hydrogens is 422 g/mol. The monoisotopic (exact) mass is 457 g/mol.